The molecule has 1 amide bonds. The van der Waals surface area contributed by atoms with Crippen molar-refractivity contribution in [1.29, 1.82) is 5.41 Å². The van der Waals surface area contributed by atoms with Crippen molar-refractivity contribution in [1.82, 2.24) is 15.3 Å². The number of piperidine rings is 1. The van der Waals surface area contributed by atoms with Crippen LogP contribution in [0.2, 0.25) is 0 Å². The van der Waals surface area contributed by atoms with E-state index in [1.54, 1.807) is 0 Å². The lowest BCUT2D eigenvalue weighted by Gasteiger charge is -2.17. The molecule has 2 fully saturated rings. The molecular formula is C29H53N5O2. The van der Waals surface area contributed by atoms with E-state index >= 15 is 0 Å². The molecule has 3 rings (SSSR count). The first-order valence-corrected chi connectivity index (χ1v) is 13.9. The number of amides is 1. The summed E-state index contributed by atoms with van der Waals surface area (Å²) in [6.45, 7) is 17.3. The zero-order valence-corrected chi connectivity index (χ0v) is 24.0. The monoisotopic (exact) mass is 503 g/mol. The Bertz CT molecular complexity index is 800. The lowest BCUT2D eigenvalue weighted by Crippen LogP contribution is -2.33. The number of H-pyrrole nitrogens is 1. The first kappa shape index (κ1) is 32.0. The first-order chi connectivity index (χ1) is 17.1. The highest BCUT2D eigenvalue weighted by Crippen LogP contribution is 2.26. The molecule has 2 saturated heterocycles. The average Bonchev–Trinajstić information content (AvgIpc) is 3.53. The normalized spacial score (nSPS) is 21.7. The zero-order valence-electron chi connectivity index (χ0n) is 24.0. The Labute approximate surface area is 220 Å². The third kappa shape index (κ3) is 12.3. The number of hydrogen-bond acceptors (Lipinski definition) is 5. The maximum Gasteiger partial charge on any atom is 0.220 e. The van der Waals surface area contributed by atoms with Crippen molar-refractivity contribution in [2.75, 3.05) is 19.8 Å². The van der Waals surface area contributed by atoms with Crippen molar-refractivity contribution in [2.24, 2.45) is 23.5 Å². The van der Waals surface area contributed by atoms with E-state index in [0.717, 1.165) is 75.0 Å². The third-order valence-electron chi connectivity index (χ3n) is 7.27. The molecule has 3 heterocycles. The average molecular weight is 504 g/mol. The summed E-state index contributed by atoms with van der Waals surface area (Å²) in [5.41, 5.74) is 10.4. The number of aryl methyl sites for hydroxylation is 1. The predicted molar refractivity (Wildman–Crippen MR) is 150 cm³/mol. The van der Waals surface area contributed by atoms with E-state index in [1.165, 1.54) is 30.4 Å². The number of aromatic nitrogens is 2. The number of nitrogens with two attached hydrogens (primary N) is 1. The van der Waals surface area contributed by atoms with Gasteiger partial charge in [0.15, 0.2) is 0 Å². The van der Waals surface area contributed by atoms with Crippen LogP contribution in [0.25, 0.3) is 0 Å². The molecule has 206 valence electrons. The minimum Gasteiger partial charge on any atom is -0.381 e. The molecule has 36 heavy (non-hydrogen) atoms. The number of nitrogens with zero attached hydrogens (tertiary/aromatic N) is 1. The van der Waals surface area contributed by atoms with Crippen LogP contribution in [0, 0.1) is 30.1 Å². The van der Waals surface area contributed by atoms with Crippen LogP contribution in [0.5, 0.6) is 0 Å². The molecule has 7 heteroatoms. The van der Waals surface area contributed by atoms with Gasteiger partial charge < -0.3 is 26.2 Å². The minimum atomic E-state index is 0.121. The number of rotatable bonds is 9. The van der Waals surface area contributed by atoms with Crippen molar-refractivity contribution >= 4 is 11.6 Å². The van der Waals surface area contributed by atoms with E-state index in [-0.39, 0.29) is 11.9 Å². The van der Waals surface area contributed by atoms with Crippen LogP contribution in [-0.4, -0.2) is 41.3 Å². The van der Waals surface area contributed by atoms with Gasteiger partial charge in [-0.3, -0.25) is 4.79 Å². The highest BCUT2D eigenvalue weighted by atomic mass is 16.5. The molecule has 5 N–H and O–H groups in total. The van der Waals surface area contributed by atoms with Gasteiger partial charge >= 0.3 is 0 Å². The largest absolute Gasteiger partial charge is 0.381 e. The lowest BCUT2D eigenvalue weighted by molar-refractivity contribution is -0.122. The molecule has 2 aliphatic heterocycles. The van der Waals surface area contributed by atoms with Crippen molar-refractivity contribution < 1.29 is 9.53 Å². The van der Waals surface area contributed by atoms with Crippen molar-refractivity contribution in [3.63, 3.8) is 0 Å². The lowest BCUT2D eigenvalue weighted by atomic mass is 9.90. The van der Waals surface area contributed by atoms with Crippen LogP contribution in [0.15, 0.2) is 17.3 Å². The Balaban J connectivity index is 0.000000282. The molecule has 1 aromatic rings. The van der Waals surface area contributed by atoms with Crippen LogP contribution < -0.4 is 11.1 Å². The number of allylic oxidation sites excluding steroid dienone is 1. The van der Waals surface area contributed by atoms with E-state index in [1.807, 2.05) is 20.0 Å². The van der Waals surface area contributed by atoms with Crippen molar-refractivity contribution in [3.8, 4) is 0 Å². The molecule has 0 saturated carbocycles. The van der Waals surface area contributed by atoms with Gasteiger partial charge in [-0.25, -0.2) is 4.98 Å². The van der Waals surface area contributed by atoms with Gasteiger partial charge in [0, 0.05) is 43.4 Å². The summed E-state index contributed by atoms with van der Waals surface area (Å²) in [5, 5.41) is 10.5. The molecule has 1 aromatic heterocycles. The second-order valence-electron chi connectivity index (χ2n) is 10.7. The maximum atomic E-state index is 10.5. The van der Waals surface area contributed by atoms with E-state index in [0.29, 0.717) is 11.8 Å². The molecule has 2 aliphatic rings. The van der Waals surface area contributed by atoms with E-state index in [9.17, 15) is 4.79 Å². The molecular weight excluding hydrogens is 450 g/mol. The zero-order chi connectivity index (χ0) is 27.1. The van der Waals surface area contributed by atoms with Crippen molar-refractivity contribution in [2.45, 2.75) is 106 Å². The number of carbonyl (C=O) groups is 1. The Morgan fingerprint density at radius 1 is 1.28 bits per heavy atom. The number of nitrogens with one attached hydrogen (secondary N) is 3. The molecule has 0 bridgehead atoms. The second-order valence-corrected chi connectivity index (χ2v) is 10.7. The Morgan fingerprint density at radius 2 is 2.00 bits per heavy atom. The summed E-state index contributed by atoms with van der Waals surface area (Å²) >= 11 is 0. The molecule has 0 spiro atoms. The number of aromatic amines is 1. The van der Waals surface area contributed by atoms with E-state index in [2.05, 4.69) is 49.9 Å². The van der Waals surface area contributed by atoms with Gasteiger partial charge in [0.05, 0.1) is 12.3 Å². The number of carbonyl (C=O) groups excluding carboxylic acids is 1. The number of hydrogen-bond donors (Lipinski definition) is 4. The Kier molecular flexibility index (Phi) is 15.5. The summed E-state index contributed by atoms with van der Waals surface area (Å²) in [6.07, 6.45) is 10.6. The van der Waals surface area contributed by atoms with Gasteiger partial charge in [0.25, 0.3) is 0 Å². The highest BCUT2D eigenvalue weighted by molar-refractivity contribution is 5.96. The molecule has 4 atom stereocenters. The Morgan fingerprint density at radius 3 is 2.44 bits per heavy atom. The fraction of sp³-hybridized carbons (Fsp3) is 0.759. The summed E-state index contributed by atoms with van der Waals surface area (Å²) in [4.78, 5) is 17.9. The van der Waals surface area contributed by atoms with Crippen LogP contribution in [-0.2, 0) is 9.53 Å². The molecule has 0 aliphatic carbocycles. The Hall–Kier alpha value is -1.99. The summed E-state index contributed by atoms with van der Waals surface area (Å²) in [6, 6.07) is 0.121. The number of imidazole rings is 1. The highest BCUT2D eigenvalue weighted by Gasteiger charge is 2.22. The van der Waals surface area contributed by atoms with Gasteiger partial charge in [-0.1, -0.05) is 52.5 Å². The second kappa shape index (κ2) is 17.5. The van der Waals surface area contributed by atoms with Crippen molar-refractivity contribution in [3.05, 3.63) is 28.9 Å². The summed E-state index contributed by atoms with van der Waals surface area (Å²) in [7, 11) is 0. The molecule has 0 aromatic carbocycles. The van der Waals surface area contributed by atoms with Gasteiger partial charge in [-0.05, 0) is 63.9 Å². The summed E-state index contributed by atoms with van der Waals surface area (Å²) < 4.78 is 5.35. The maximum absolute atomic E-state index is 10.5. The fourth-order valence-corrected chi connectivity index (χ4v) is 4.46. The minimum absolute atomic E-state index is 0.121. The molecule has 0 radical (unpaired) electrons. The quantitative estimate of drug-likeness (QED) is 0.298. The SMILES string of the molecule is CC1CCC(=O)NC1.CCC(C)=C(C(C)=N)C1CCOC1.CCC(C)CCCC(N)c1cnc(C)[nH]1. The van der Waals surface area contributed by atoms with Gasteiger partial charge in [-0.2, -0.15) is 0 Å². The van der Waals surface area contributed by atoms with E-state index in [4.69, 9.17) is 15.9 Å². The van der Waals surface area contributed by atoms with Gasteiger partial charge in [0.2, 0.25) is 5.91 Å². The first-order valence-electron chi connectivity index (χ1n) is 13.9. The third-order valence-corrected chi connectivity index (χ3v) is 7.27. The van der Waals surface area contributed by atoms with E-state index < -0.39 is 0 Å². The van der Waals surface area contributed by atoms with Gasteiger partial charge in [0.1, 0.15) is 5.82 Å². The molecule has 7 nitrogen and oxygen atoms in total. The van der Waals surface area contributed by atoms with Crippen LogP contribution >= 0.6 is 0 Å². The van der Waals surface area contributed by atoms with Gasteiger partial charge in [-0.15, -0.1) is 0 Å². The number of ether oxygens (including phenoxy) is 1. The van der Waals surface area contributed by atoms with Crippen LogP contribution in [0.3, 0.4) is 0 Å². The smallest absolute Gasteiger partial charge is 0.220 e. The fourth-order valence-electron chi connectivity index (χ4n) is 4.46. The predicted octanol–water partition coefficient (Wildman–Crippen LogP) is 6.26. The van der Waals surface area contributed by atoms with Crippen LogP contribution in [0.1, 0.15) is 110 Å². The topological polar surface area (TPSA) is 117 Å². The van der Waals surface area contributed by atoms with Crippen LogP contribution in [0.4, 0.5) is 0 Å². The molecule has 4 unspecified atom stereocenters. The standard InChI is InChI=1S/C12H23N3.C11H19NO.C6H11NO/c1-4-9(2)6-5-7-11(13)12-8-14-10(3)15-12;1-4-8(2)11(9(3)12)10-5-6-13-7-10;1-5-2-3-6(8)7-4-5/h8-9,11H,4-7,13H2,1-3H3,(H,14,15);10,12H,4-7H2,1-3H3;5H,2-4H2,1H3,(H,7,8). The summed E-state index contributed by atoms with van der Waals surface area (Å²) in [5.74, 6) is 3.15.